The number of piperazine rings is 1. The molecule has 0 bridgehead atoms. The number of hydrogen-bond acceptors (Lipinski definition) is 5. The first kappa shape index (κ1) is 18.9. The third-order valence-corrected chi connectivity index (χ3v) is 5.99. The number of amides is 2. The Morgan fingerprint density at radius 2 is 2.18 bits per heavy atom. The lowest BCUT2D eigenvalue weighted by molar-refractivity contribution is -0.127. The Kier molecular flexibility index (Phi) is 5.07. The quantitative estimate of drug-likeness (QED) is 0.720. The number of aliphatic hydroxyl groups excluding tert-OH is 1. The average Bonchev–Trinajstić information content (AvgIpc) is 3.06. The van der Waals surface area contributed by atoms with Gasteiger partial charge in [-0.2, -0.15) is 0 Å². The van der Waals surface area contributed by atoms with Gasteiger partial charge in [0.15, 0.2) is 0 Å². The molecule has 2 aromatic rings. The second-order valence-corrected chi connectivity index (χ2v) is 7.85. The minimum atomic E-state index is -0.674. The summed E-state index contributed by atoms with van der Waals surface area (Å²) in [4.78, 5) is 36.0. The number of imidazole rings is 1. The Morgan fingerprint density at radius 1 is 1.36 bits per heavy atom. The van der Waals surface area contributed by atoms with E-state index in [2.05, 4.69) is 15.3 Å². The average molecular weight is 385 g/mol. The third kappa shape index (κ3) is 3.49. The summed E-state index contributed by atoms with van der Waals surface area (Å²) in [7, 11) is 1.75. The highest BCUT2D eigenvalue weighted by molar-refractivity contribution is 5.97. The van der Waals surface area contributed by atoms with Crippen molar-refractivity contribution in [2.75, 3.05) is 26.7 Å². The van der Waals surface area contributed by atoms with Crippen molar-refractivity contribution < 1.29 is 14.7 Å². The molecule has 2 heterocycles. The van der Waals surface area contributed by atoms with Crippen molar-refractivity contribution in [3.8, 4) is 0 Å². The van der Waals surface area contributed by atoms with Crippen LogP contribution in [0.1, 0.15) is 35.4 Å². The van der Waals surface area contributed by atoms with Crippen LogP contribution in [0.5, 0.6) is 0 Å². The molecule has 1 aromatic carbocycles. The second-order valence-electron chi connectivity index (χ2n) is 7.85. The maximum Gasteiger partial charge on any atom is 0.254 e. The maximum atomic E-state index is 13.1. The summed E-state index contributed by atoms with van der Waals surface area (Å²) in [6, 6.07) is 5.07. The lowest BCUT2D eigenvalue weighted by atomic mass is 9.85. The molecule has 150 valence electrons. The third-order valence-electron chi connectivity index (χ3n) is 5.99. The summed E-state index contributed by atoms with van der Waals surface area (Å²) in [5.74, 6) is 0.687. The van der Waals surface area contributed by atoms with Crippen molar-refractivity contribution >= 4 is 22.8 Å². The van der Waals surface area contributed by atoms with Gasteiger partial charge in [-0.25, -0.2) is 4.98 Å². The number of carbonyl (C=O) groups excluding carboxylic acids is 2. The van der Waals surface area contributed by atoms with Crippen molar-refractivity contribution in [3.05, 3.63) is 29.6 Å². The van der Waals surface area contributed by atoms with Gasteiger partial charge < -0.3 is 20.3 Å². The first-order chi connectivity index (χ1) is 13.4. The number of nitrogens with zero attached hydrogens (tertiary/aromatic N) is 3. The number of rotatable bonds is 3. The number of aromatic amines is 1. The Hall–Kier alpha value is -2.45. The van der Waals surface area contributed by atoms with Crippen LogP contribution in [0.3, 0.4) is 0 Å². The first-order valence-corrected chi connectivity index (χ1v) is 9.86. The van der Waals surface area contributed by atoms with E-state index in [0.717, 1.165) is 42.7 Å². The van der Waals surface area contributed by atoms with Crippen molar-refractivity contribution in [2.45, 2.75) is 44.4 Å². The van der Waals surface area contributed by atoms with Crippen LogP contribution in [0.25, 0.3) is 11.0 Å². The molecular formula is C20H27N5O3. The Bertz CT molecular complexity index is 895. The highest BCUT2D eigenvalue weighted by Crippen LogP contribution is 2.28. The lowest BCUT2D eigenvalue weighted by Gasteiger charge is -2.45. The highest BCUT2D eigenvalue weighted by Gasteiger charge is 2.40. The predicted molar refractivity (Wildman–Crippen MR) is 105 cm³/mol. The van der Waals surface area contributed by atoms with Crippen LogP contribution in [0.15, 0.2) is 18.2 Å². The molecule has 3 atom stereocenters. The van der Waals surface area contributed by atoms with E-state index in [1.165, 1.54) is 0 Å². The van der Waals surface area contributed by atoms with Gasteiger partial charge >= 0.3 is 0 Å². The summed E-state index contributed by atoms with van der Waals surface area (Å²) in [5, 5.41) is 13.8. The zero-order chi connectivity index (χ0) is 19.8. The van der Waals surface area contributed by atoms with Gasteiger partial charge in [0.1, 0.15) is 5.82 Å². The number of nitrogens with one attached hydrogen (secondary N) is 2. The molecule has 2 amide bonds. The zero-order valence-corrected chi connectivity index (χ0v) is 16.3. The lowest BCUT2D eigenvalue weighted by Crippen LogP contribution is -2.61. The number of aryl methyl sites for hydroxylation is 1. The topological polar surface area (TPSA) is 102 Å². The molecule has 3 N–H and O–H groups in total. The second kappa shape index (κ2) is 7.52. The van der Waals surface area contributed by atoms with Gasteiger partial charge in [0, 0.05) is 31.7 Å². The minimum absolute atomic E-state index is 0.00634. The summed E-state index contributed by atoms with van der Waals surface area (Å²) >= 11 is 0. The molecule has 8 nitrogen and oxygen atoms in total. The highest BCUT2D eigenvalue weighted by atomic mass is 16.3. The van der Waals surface area contributed by atoms with E-state index in [0.29, 0.717) is 18.7 Å². The van der Waals surface area contributed by atoms with Gasteiger partial charge in [0.05, 0.1) is 29.7 Å². The van der Waals surface area contributed by atoms with Crippen molar-refractivity contribution in [1.82, 2.24) is 25.1 Å². The normalized spacial score (nSPS) is 26.2. The summed E-state index contributed by atoms with van der Waals surface area (Å²) < 4.78 is 0. The molecule has 1 aliphatic heterocycles. The van der Waals surface area contributed by atoms with Crippen LogP contribution in [-0.4, -0.2) is 81.6 Å². The van der Waals surface area contributed by atoms with Gasteiger partial charge in [-0.3, -0.25) is 14.5 Å². The standard InChI is InChI=1S/C20H27N5O3/c1-12-22-14-7-6-13(10-15(14)23-12)20(28)24(2)16-4-3-5-17(19(16)27)25-9-8-21-18(26)11-25/h6-7,10,16-17,19,27H,3-5,8-9,11H2,1-2H3,(H,21,26)(H,22,23)/t16-,17-,19-/m1/s1. The number of carbonyl (C=O) groups is 2. The summed E-state index contributed by atoms with van der Waals surface area (Å²) in [6.07, 6.45) is 1.84. The van der Waals surface area contributed by atoms with E-state index in [1.54, 1.807) is 18.0 Å². The van der Waals surface area contributed by atoms with Gasteiger partial charge in [-0.05, 0) is 44.4 Å². The Morgan fingerprint density at radius 3 is 2.96 bits per heavy atom. The van der Waals surface area contributed by atoms with Gasteiger partial charge in [0.25, 0.3) is 5.91 Å². The van der Waals surface area contributed by atoms with Crippen molar-refractivity contribution in [3.63, 3.8) is 0 Å². The van der Waals surface area contributed by atoms with Crippen LogP contribution in [0.2, 0.25) is 0 Å². The van der Waals surface area contributed by atoms with E-state index >= 15 is 0 Å². The molecule has 4 rings (SSSR count). The Balaban J connectivity index is 1.51. The van der Waals surface area contributed by atoms with Crippen LogP contribution in [0, 0.1) is 6.92 Å². The monoisotopic (exact) mass is 385 g/mol. The smallest absolute Gasteiger partial charge is 0.254 e. The summed E-state index contributed by atoms with van der Waals surface area (Å²) in [6.45, 7) is 3.52. The molecule has 0 spiro atoms. The number of likely N-dealkylation sites (N-methyl/N-ethyl adjacent to an activating group) is 1. The fraction of sp³-hybridized carbons (Fsp3) is 0.550. The van der Waals surface area contributed by atoms with Crippen molar-refractivity contribution in [2.24, 2.45) is 0 Å². The molecule has 1 saturated carbocycles. The molecule has 1 aliphatic carbocycles. The molecule has 2 fully saturated rings. The van der Waals surface area contributed by atoms with Crippen LogP contribution in [-0.2, 0) is 4.79 Å². The molecule has 2 aliphatic rings. The van der Waals surface area contributed by atoms with Crippen molar-refractivity contribution in [1.29, 1.82) is 0 Å². The molecule has 8 heteroatoms. The largest absolute Gasteiger partial charge is 0.389 e. The summed E-state index contributed by atoms with van der Waals surface area (Å²) in [5.41, 5.74) is 2.24. The van der Waals surface area contributed by atoms with Crippen LogP contribution < -0.4 is 5.32 Å². The molecule has 1 aromatic heterocycles. The zero-order valence-electron chi connectivity index (χ0n) is 16.3. The molecular weight excluding hydrogens is 358 g/mol. The van der Waals surface area contributed by atoms with E-state index in [1.807, 2.05) is 24.0 Å². The minimum Gasteiger partial charge on any atom is -0.389 e. The SMILES string of the molecule is Cc1nc2ccc(C(=O)N(C)[C@@H]3CCC[C@@H](N4CCNC(=O)C4)[C@@H]3O)cc2[nH]1. The van der Waals surface area contributed by atoms with Gasteiger partial charge in [-0.15, -0.1) is 0 Å². The number of H-pyrrole nitrogens is 1. The van der Waals surface area contributed by atoms with Crippen LogP contribution in [0.4, 0.5) is 0 Å². The molecule has 0 radical (unpaired) electrons. The van der Waals surface area contributed by atoms with E-state index in [-0.39, 0.29) is 23.9 Å². The van der Waals surface area contributed by atoms with E-state index in [9.17, 15) is 14.7 Å². The fourth-order valence-corrected chi connectivity index (χ4v) is 4.52. The van der Waals surface area contributed by atoms with Gasteiger partial charge in [-0.1, -0.05) is 0 Å². The first-order valence-electron chi connectivity index (χ1n) is 9.86. The number of benzene rings is 1. The predicted octanol–water partition coefficient (Wildman–Crippen LogP) is 0.657. The van der Waals surface area contributed by atoms with Crippen LogP contribution >= 0.6 is 0 Å². The molecule has 28 heavy (non-hydrogen) atoms. The van der Waals surface area contributed by atoms with Gasteiger partial charge in [0.2, 0.25) is 5.91 Å². The number of fused-ring (bicyclic) bond motifs is 1. The maximum absolute atomic E-state index is 13.1. The fourth-order valence-electron chi connectivity index (χ4n) is 4.52. The van der Waals surface area contributed by atoms with E-state index in [4.69, 9.17) is 0 Å². The molecule has 0 unspecified atom stereocenters. The number of hydrogen-bond donors (Lipinski definition) is 3. The number of aliphatic hydroxyl groups is 1. The number of aromatic nitrogens is 2. The Labute approximate surface area is 163 Å². The van der Waals surface area contributed by atoms with E-state index < -0.39 is 6.10 Å². The molecule has 1 saturated heterocycles.